The van der Waals surface area contributed by atoms with Gasteiger partial charge in [0.05, 0.1) is 0 Å². The van der Waals surface area contributed by atoms with Gasteiger partial charge in [0.1, 0.15) is 0 Å². The molecule has 0 heterocycles. The van der Waals surface area contributed by atoms with Gasteiger partial charge in [0.2, 0.25) is 0 Å². The topological polar surface area (TPSA) is 0 Å². The summed E-state index contributed by atoms with van der Waals surface area (Å²) in [6.45, 7) is 0. The summed E-state index contributed by atoms with van der Waals surface area (Å²) in [5.74, 6) is 1.04. The van der Waals surface area contributed by atoms with Crippen molar-refractivity contribution >= 4 is 46.0 Å². The molecule has 0 saturated heterocycles. The first-order chi connectivity index (χ1) is 5.24. The third-order valence-corrected chi connectivity index (χ3v) is 3.19. The van der Waals surface area contributed by atoms with Gasteiger partial charge in [0.25, 0.3) is 0 Å². The Morgan fingerprint density at radius 3 is 2.91 bits per heavy atom. The minimum Gasteiger partial charge on any atom is -0.161 e. The fourth-order valence-corrected chi connectivity index (χ4v) is 2.34. The molecule has 0 aliphatic rings. The molecule has 0 unspecified atom stereocenters. The zero-order valence-corrected chi connectivity index (χ0v) is 9.83. The molecule has 60 valence electrons. The molecule has 0 spiro atoms. The molecule has 11 heavy (non-hydrogen) atoms. The van der Waals surface area contributed by atoms with E-state index in [4.69, 9.17) is 11.6 Å². The van der Waals surface area contributed by atoms with Crippen LogP contribution in [0.2, 0.25) is 5.02 Å². The van der Waals surface area contributed by atoms with Crippen molar-refractivity contribution in [3.05, 3.63) is 32.4 Å². The van der Waals surface area contributed by atoms with E-state index in [2.05, 4.69) is 34.9 Å². The third-order valence-electron chi connectivity index (χ3n) is 1.31. The monoisotopic (exact) mass is 298 g/mol. The average Bonchev–Trinajstić information content (AvgIpc) is 1.98. The van der Waals surface area contributed by atoms with E-state index in [1.165, 1.54) is 9.13 Å². The van der Waals surface area contributed by atoms with Crippen LogP contribution in [0.1, 0.15) is 5.56 Å². The molecule has 0 saturated carbocycles. The molecule has 1 rings (SSSR count). The highest BCUT2D eigenvalue weighted by Crippen LogP contribution is 2.20. The average molecular weight is 299 g/mol. The first-order valence-electron chi connectivity index (χ1n) is 3.17. The maximum atomic E-state index is 5.84. The summed E-state index contributed by atoms with van der Waals surface area (Å²) < 4.78 is 1.29. The Hall–Kier alpha value is 0.590. The van der Waals surface area contributed by atoms with Crippen LogP contribution >= 0.6 is 46.0 Å². The van der Waals surface area contributed by atoms with Crippen LogP contribution in [-0.4, -0.2) is 6.26 Å². The molecule has 1 aromatic rings. The molecule has 0 atom stereocenters. The molecule has 3 heteroatoms. The lowest BCUT2D eigenvalue weighted by atomic mass is 10.2. The lowest BCUT2D eigenvalue weighted by Gasteiger charge is -2.01. The van der Waals surface area contributed by atoms with Crippen molar-refractivity contribution in [3.63, 3.8) is 0 Å². The van der Waals surface area contributed by atoms with Gasteiger partial charge in [-0.15, -0.1) is 0 Å². The molecule has 0 fully saturated rings. The van der Waals surface area contributed by atoms with Gasteiger partial charge in [-0.2, -0.15) is 11.8 Å². The highest BCUT2D eigenvalue weighted by Gasteiger charge is 1.98. The highest BCUT2D eigenvalue weighted by atomic mass is 127. The predicted molar refractivity (Wildman–Crippen MR) is 61.4 cm³/mol. The molecule has 0 N–H and O–H groups in total. The van der Waals surface area contributed by atoms with Gasteiger partial charge in [0.15, 0.2) is 0 Å². The maximum absolute atomic E-state index is 5.84. The second-order valence-corrected chi connectivity index (χ2v) is 4.63. The van der Waals surface area contributed by atoms with E-state index in [1.807, 2.05) is 23.9 Å². The van der Waals surface area contributed by atoms with Gasteiger partial charge in [-0.25, -0.2) is 0 Å². The van der Waals surface area contributed by atoms with E-state index >= 15 is 0 Å². The maximum Gasteiger partial charge on any atom is 0.0409 e. The minimum absolute atomic E-state index is 0.828. The van der Waals surface area contributed by atoms with Crippen molar-refractivity contribution in [2.75, 3.05) is 6.26 Å². The summed E-state index contributed by atoms with van der Waals surface area (Å²) in [6, 6.07) is 6.00. The van der Waals surface area contributed by atoms with Crippen molar-refractivity contribution < 1.29 is 0 Å². The normalized spacial score (nSPS) is 10.1. The fourth-order valence-electron chi connectivity index (χ4n) is 0.809. The standard InChI is InChI=1S/C8H8ClIS/c1-11-5-6-4-7(9)2-3-8(6)10/h2-4H,5H2,1H3. The van der Waals surface area contributed by atoms with Crippen molar-refractivity contribution in [2.24, 2.45) is 0 Å². The summed E-state index contributed by atoms with van der Waals surface area (Å²) in [6.07, 6.45) is 2.09. The van der Waals surface area contributed by atoms with Gasteiger partial charge in [-0.1, -0.05) is 11.6 Å². The van der Waals surface area contributed by atoms with E-state index in [0.717, 1.165) is 10.8 Å². The third kappa shape index (κ3) is 2.84. The summed E-state index contributed by atoms with van der Waals surface area (Å²) >= 11 is 9.98. The van der Waals surface area contributed by atoms with Crippen molar-refractivity contribution in [1.82, 2.24) is 0 Å². The number of thioether (sulfide) groups is 1. The summed E-state index contributed by atoms with van der Waals surface area (Å²) in [5, 5.41) is 0.828. The Bertz CT molecular complexity index is 250. The molecule has 0 aromatic heterocycles. The van der Waals surface area contributed by atoms with Gasteiger partial charge in [-0.05, 0) is 52.6 Å². The van der Waals surface area contributed by atoms with Crippen LogP contribution in [0.4, 0.5) is 0 Å². The lowest BCUT2D eigenvalue weighted by Crippen LogP contribution is -1.84. The van der Waals surface area contributed by atoms with E-state index in [1.54, 1.807) is 0 Å². The van der Waals surface area contributed by atoms with E-state index < -0.39 is 0 Å². The summed E-state index contributed by atoms with van der Waals surface area (Å²) in [7, 11) is 0. The molecule has 0 radical (unpaired) electrons. The van der Waals surface area contributed by atoms with Gasteiger partial charge in [0, 0.05) is 14.3 Å². The summed E-state index contributed by atoms with van der Waals surface area (Å²) in [4.78, 5) is 0. The van der Waals surface area contributed by atoms with E-state index in [9.17, 15) is 0 Å². The van der Waals surface area contributed by atoms with Gasteiger partial charge >= 0.3 is 0 Å². The second kappa shape index (κ2) is 4.58. The minimum atomic E-state index is 0.828. The van der Waals surface area contributed by atoms with Crippen LogP contribution < -0.4 is 0 Å². The quantitative estimate of drug-likeness (QED) is 0.748. The Balaban J connectivity index is 2.93. The molecule has 1 aromatic carbocycles. The SMILES string of the molecule is CSCc1cc(Cl)ccc1I. The van der Waals surface area contributed by atoms with Crippen LogP contribution in [0.3, 0.4) is 0 Å². The Kier molecular flexibility index (Phi) is 4.02. The highest BCUT2D eigenvalue weighted by molar-refractivity contribution is 14.1. The predicted octanol–water partition coefficient (Wildman–Crippen LogP) is 3.81. The number of benzene rings is 1. The molecular weight excluding hydrogens is 291 g/mol. The van der Waals surface area contributed by atoms with Crippen LogP contribution in [-0.2, 0) is 5.75 Å². The van der Waals surface area contributed by atoms with Crippen LogP contribution in [0, 0.1) is 3.57 Å². The molecular formula is C8H8ClIS. The zero-order chi connectivity index (χ0) is 8.27. The number of hydrogen-bond donors (Lipinski definition) is 0. The molecule has 0 aliphatic heterocycles. The number of hydrogen-bond acceptors (Lipinski definition) is 1. The van der Waals surface area contributed by atoms with Crippen molar-refractivity contribution in [1.29, 1.82) is 0 Å². The van der Waals surface area contributed by atoms with E-state index in [0.29, 0.717) is 0 Å². The Labute approximate surface area is 89.8 Å². The molecule has 0 aliphatic carbocycles. The van der Waals surface area contributed by atoms with Crippen molar-refractivity contribution in [2.45, 2.75) is 5.75 Å². The lowest BCUT2D eigenvalue weighted by molar-refractivity contribution is 1.38. The molecule has 0 bridgehead atoms. The first-order valence-corrected chi connectivity index (χ1v) is 6.02. The largest absolute Gasteiger partial charge is 0.161 e. The first kappa shape index (κ1) is 9.68. The number of rotatable bonds is 2. The zero-order valence-electron chi connectivity index (χ0n) is 6.10. The Morgan fingerprint density at radius 1 is 1.55 bits per heavy atom. The van der Waals surface area contributed by atoms with Gasteiger partial charge in [-0.3, -0.25) is 0 Å². The second-order valence-electron chi connectivity index (χ2n) is 2.17. The summed E-state index contributed by atoms with van der Waals surface area (Å²) in [5.41, 5.74) is 1.32. The van der Waals surface area contributed by atoms with Crippen molar-refractivity contribution in [3.8, 4) is 0 Å². The smallest absolute Gasteiger partial charge is 0.0409 e. The fraction of sp³-hybridized carbons (Fsp3) is 0.250. The molecule has 0 nitrogen and oxygen atoms in total. The Morgan fingerprint density at radius 2 is 2.27 bits per heavy atom. The van der Waals surface area contributed by atoms with E-state index in [-0.39, 0.29) is 0 Å². The van der Waals surface area contributed by atoms with Gasteiger partial charge < -0.3 is 0 Å². The molecule has 0 amide bonds. The van der Waals surface area contributed by atoms with Crippen LogP contribution in [0.5, 0.6) is 0 Å². The van der Waals surface area contributed by atoms with Crippen LogP contribution in [0.15, 0.2) is 18.2 Å². The van der Waals surface area contributed by atoms with Crippen LogP contribution in [0.25, 0.3) is 0 Å². The number of halogens is 2.